The molecule has 0 heterocycles. The Hall–Kier alpha value is -1.71. The average Bonchev–Trinajstić information content (AvgIpc) is 2.41. The molecule has 2 N–H and O–H groups in total. The summed E-state index contributed by atoms with van der Waals surface area (Å²) in [6.45, 7) is 0.392. The van der Waals surface area contributed by atoms with E-state index in [0.717, 1.165) is 22.7 Å². The predicted molar refractivity (Wildman–Crippen MR) is 80.2 cm³/mol. The summed E-state index contributed by atoms with van der Waals surface area (Å²) >= 11 is 5.95. The van der Waals surface area contributed by atoms with Crippen LogP contribution in [-0.4, -0.2) is 14.1 Å². The minimum atomic E-state index is 0.392. The summed E-state index contributed by atoms with van der Waals surface area (Å²) in [5, 5.41) is 0.662. The molecule has 0 aliphatic rings. The number of halogens is 1. The van der Waals surface area contributed by atoms with Crippen molar-refractivity contribution in [3.8, 4) is 11.5 Å². The molecule has 0 fully saturated rings. The van der Waals surface area contributed by atoms with Crippen molar-refractivity contribution < 1.29 is 4.74 Å². The molecule has 0 radical (unpaired) electrons. The zero-order chi connectivity index (χ0) is 13.8. The van der Waals surface area contributed by atoms with Crippen LogP contribution in [0.3, 0.4) is 0 Å². The van der Waals surface area contributed by atoms with Crippen LogP contribution in [0.4, 0.5) is 5.69 Å². The van der Waals surface area contributed by atoms with Crippen molar-refractivity contribution >= 4 is 17.3 Å². The van der Waals surface area contributed by atoms with Crippen LogP contribution in [0.5, 0.6) is 11.5 Å². The number of ether oxygens (including phenoxy) is 1. The maximum atomic E-state index is 5.95. The first-order valence-electron chi connectivity index (χ1n) is 6.04. The third-order valence-electron chi connectivity index (χ3n) is 2.80. The number of benzene rings is 2. The molecule has 2 aromatic carbocycles. The van der Waals surface area contributed by atoms with E-state index >= 15 is 0 Å². The van der Waals surface area contributed by atoms with Gasteiger partial charge in [-0.1, -0.05) is 17.7 Å². The van der Waals surface area contributed by atoms with Crippen LogP contribution in [-0.2, 0) is 6.54 Å². The summed E-state index contributed by atoms with van der Waals surface area (Å²) in [5.41, 5.74) is 7.68. The molecule has 0 amide bonds. The molecule has 100 valence electrons. The molecule has 0 atom stereocenters. The highest BCUT2D eigenvalue weighted by Crippen LogP contribution is 2.29. The van der Waals surface area contributed by atoms with E-state index in [4.69, 9.17) is 22.1 Å². The highest BCUT2D eigenvalue weighted by atomic mass is 35.5. The second kappa shape index (κ2) is 5.95. The van der Waals surface area contributed by atoms with Crippen molar-refractivity contribution in [3.63, 3.8) is 0 Å². The molecule has 2 rings (SSSR count). The van der Waals surface area contributed by atoms with Crippen molar-refractivity contribution in [2.75, 3.05) is 19.0 Å². The van der Waals surface area contributed by atoms with E-state index in [1.54, 1.807) is 6.07 Å². The first-order valence-corrected chi connectivity index (χ1v) is 6.41. The molecular weight excluding hydrogens is 260 g/mol. The fourth-order valence-electron chi connectivity index (χ4n) is 1.76. The summed E-state index contributed by atoms with van der Waals surface area (Å²) in [4.78, 5) is 2.03. The SMILES string of the molecule is CN(C)c1cccc(Oc2ccc(Cl)cc2CN)c1. The first kappa shape index (κ1) is 13.7. The summed E-state index contributed by atoms with van der Waals surface area (Å²) in [5.74, 6) is 1.52. The van der Waals surface area contributed by atoms with Crippen LogP contribution in [0.25, 0.3) is 0 Å². The van der Waals surface area contributed by atoms with Gasteiger partial charge < -0.3 is 15.4 Å². The Balaban J connectivity index is 2.28. The van der Waals surface area contributed by atoms with E-state index in [1.165, 1.54) is 0 Å². The third kappa shape index (κ3) is 3.40. The molecule has 0 aromatic heterocycles. The van der Waals surface area contributed by atoms with Gasteiger partial charge in [0.1, 0.15) is 11.5 Å². The lowest BCUT2D eigenvalue weighted by Crippen LogP contribution is -2.08. The Morgan fingerprint density at radius 3 is 2.63 bits per heavy atom. The van der Waals surface area contributed by atoms with E-state index in [0.29, 0.717) is 11.6 Å². The summed E-state index contributed by atoms with van der Waals surface area (Å²) in [6, 6.07) is 13.4. The molecule has 0 spiro atoms. The Bertz CT molecular complexity index is 570. The largest absolute Gasteiger partial charge is 0.457 e. The van der Waals surface area contributed by atoms with E-state index < -0.39 is 0 Å². The minimum absolute atomic E-state index is 0.392. The van der Waals surface area contributed by atoms with Crippen LogP contribution in [0.1, 0.15) is 5.56 Å². The van der Waals surface area contributed by atoms with Crippen molar-refractivity contribution in [1.82, 2.24) is 0 Å². The predicted octanol–water partition coefficient (Wildman–Crippen LogP) is 3.66. The zero-order valence-electron chi connectivity index (χ0n) is 11.1. The Labute approximate surface area is 118 Å². The lowest BCUT2D eigenvalue weighted by molar-refractivity contribution is 0.476. The van der Waals surface area contributed by atoms with Crippen molar-refractivity contribution in [3.05, 3.63) is 53.1 Å². The maximum Gasteiger partial charge on any atom is 0.132 e. The Morgan fingerprint density at radius 1 is 1.16 bits per heavy atom. The third-order valence-corrected chi connectivity index (χ3v) is 3.04. The highest BCUT2D eigenvalue weighted by Gasteiger charge is 2.05. The molecular formula is C15H17ClN2O. The van der Waals surface area contributed by atoms with Crippen LogP contribution >= 0.6 is 11.6 Å². The van der Waals surface area contributed by atoms with Gasteiger partial charge in [0.25, 0.3) is 0 Å². The van der Waals surface area contributed by atoms with E-state index in [9.17, 15) is 0 Å². The van der Waals surface area contributed by atoms with Crippen molar-refractivity contribution in [2.24, 2.45) is 5.73 Å². The van der Waals surface area contributed by atoms with Gasteiger partial charge in [0.2, 0.25) is 0 Å². The number of hydrogen-bond acceptors (Lipinski definition) is 3. The van der Waals surface area contributed by atoms with Crippen LogP contribution in [0.2, 0.25) is 5.02 Å². The molecule has 0 aliphatic carbocycles. The quantitative estimate of drug-likeness (QED) is 0.926. The van der Waals surface area contributed by atoms with Crippen molar-refractivity contribution in [1.29, 1.82) is 0 Å². The number of rotatable bonds is 4. The molecule has 19 heavy (non-hydrogen) atoms. The standard InChI is InChI=1S/C15H17ClN2O/c1-18(2)13-4-3-5-14(9-13)19-15-7-6-12(16)8-11(15)10-17/h3-9H,10,17H2,1-2H3. The van der Waals surface area contributed by atoms with Gasteiger partial charge in [-0.3, -0.25) is 0 Å². The van der Waals surface area contributed by atoms with Crippen molar-refractivity contribution in [2.45, 2.75) is 6.54 Å². The van der Waals surface area contributed by atoms with Gasteiger partial charge in [-0.15, -0.1) is 0 Å². The lowest BCUT2D eigenvalue weighted by atomic mass is 10.2. The second-order valence-corrected chi connectivity index (χ2v) is 4.89. The van der Waals surface area contributed by atoms with E-state index in [2.05, 4.69) is 0 Å². The summed E-state index contributed by atoms with van der Waals surface area (Å²) in [6.07, 6.45) is 0. The van der Waals surface area contributed by atoms with Crippen LogP contribution in [0.15, 0.2) is 42.5 Å². The van der Waals surface area contributed by atoms with Gasteiger partial charge in [-0.25, -0.2) is 0 Å². The van der Waals surface area contributed by atoms with Gasteiger partial charge in [0.05, 0.1) is 0 Å². The van der Waals surface area contributed by atoms with Gasteiger partial charge in [-0.05, 0) is 30.3 Å². The number of nitrogens with zero attached hydrogens (tertiary/aromatic N) is 1. The summed E-state index contributed by atoms with van der Waals surface area (Å²) in [7, 11) is 3.99. The van der Waals surface area contributed by atoms with Gasteiger partial charge in [-0.2, -0.15) is 0 Å². The zero-order valence-corrected chi connectivity index (χ0v) is 11.8. The molecule has 0 unspecified atom stereocenters. The minimum Gasteiger partial charge on any atom is -0.457 e. The topological polar surface area (TPSA) is 38.5 Å². The average molecular weight is 277 g/mol. The molecule has 0 saturated carbocycles. The monoisotopic (exact) mass is 276 g/mol. The maximum absolute atomic E-state index is 5.95. The number of hydrogen-bond donors (Lipinski definition) is 1. The summed E-state index contributed by atoms with van der Waals surface area (Å²) < 4.78 is 5.88. The molecule has 0 aliphatic heterocycles. The lowest BCUT2D eigenvalue weighted by Gasteiger charge is -2.15. The normalized spacial score (nSPS) is 10.3. The molecule has 3 nitrogen and oxygen atoms in total. The van der Waals surface area contributed by atoms with Gasteiger partial charge >= 0.3 is 0 Å². The number of nitrogens with two attached hydrogens (primary N) is 1. The van der Waals surface area contributed by atoms with Crippen LogP contribution in [0, 0.1) is 0 Å². The fraction of sp³-hybridized carbons (Fsp3) is 0.200. The molecule has 0 bridgehead atoms. The highest BCUT2D eigenvalue weighted by molar-refractivity contribution is 6.30. The molecule has 0 saturated heterocycles. The van der Waals surface area contributed by atoms with E-state index in [-0.39, 0.29) is 0 Å². The molecule has 2 aromatic rings. The number of anilines is 1. The molecule has 4 heteroatoms. The second-order valence-electron chi connectivity index (χ2n) is 4.45. The van der Waals surface area contributed by atoms with Gasteiger partial charge in [0, 0.05) is 43.0 Å². The Morgan fingerprint density at radius 2 is 1.95 bits per heavy atom. The van der Waals surface area contributed by atoms with Gasteiger partial charge in [0.15, 0.2) is 0 Å². The smallest absolute Gasteiger partial charge is 0.132 e. The Kier molecular flexibility index (Phi) is 4.30. The van der Waals surface area contributed by atoms with Crippen LogP contribution < -0.4 is 15.4 Å². The van der Waals surface area contributed by atoms with E-state index in [1.807, 2.05) is 55.4 Å². The fourth-order valence-corrected chi connectivity index (χ4v) is 1.95. The first-order chi connectivity index (χ1) is 9.10.